The Hall–Kier alpha value is -0.240. The van der Waals surface area contributed by atoms with E-state index in [2.05, 4.69) is 0 Å². The predicted octanol–water partition coefficient (Wildman–Crippen LogP) is 2.62. The highest BCUT2D eigenvalue weighted by Gasteiger charge is 2.19. The second kappa shape index (κ2) is 2.67. The van der Waals surface area contributed by atoms with Gasteiger partial charge in [-0.05, 0) is 23.9 Å². The van der Waals surface area contributed by atoms with Gasteiger partial charge in [0.15, 0.2) is 11.5 Å². The lowest BCUT2D eigenvalue weighted by atomic mass is 10.3. The lowest BCUT2D eigenvalue weighted by Gasteiger charge is -1.94. The molecule has 0 spiro atoms. The van der Waals surface area contributed by atoms with Crippen molar-refractivity contribution in [1.29, 1.82) is 0 Å². The molecular weight excluding hydrogens is 203 g/mol. The molecule has 0 saturated carbocycles. The van der Waals surface area contributed by atoms with Gasteiger partial charge in [0, 0.05) is 0 Å². The molecule has 1 heterocycles. The van der Waals surface area contributed by atoms with E-state index >= 15 is 0 Å². The lowest BCUT2D eigenvalue weighted by molar-refractivity contribution is 0.600. The van der Waals surface area contributed by atoms with Crippen molar-refractivity contribution in [3.8, 4) is 11.5 Å². The quantitative estimate of drug-likeness (QED) is 0.608. The molecule has 0 aliphatic carbocycles. The molecule has 0 bridgehead atoms. The van der Waals surface area contributed by atoms with E-state index in [1.165, 1.54) is 0 Å². The molecule has 1 aliphatic rings. The van der Waals surface area contributed by atoms with Gasteiger partial charge in [-0.2, -0.15) is 0 Å². The van der Waals surface area contributed by atoms with Crippen LogP contribution in [0.2, 0.25) is 5.02 Å². The van der Waals surface area contributed by atoms with Crippen LogP contribution in [-0.2, 0) is 11.8 Å². The maximum Gasteiger partial charge on any atom is 0.275 e. The summed E-state index contributed by atoms with van der Waals surface area (Å²) < 4.78 is 10.4. The molecule has 1 unspecified atom stereocenters. The molecule has 1 aromatic carbocycles. The van der Waals surface area contributed by atoms with E-state index in [4.69, 9.17) is 32.5 Å². The molecule has 1 aliphatic heterocycles. The number of benzene rings is 1. The summed E-state index contributed by atoms with van der Waals surface area (Å²) >= 11 is 10.7. The minimum Gasteiger partial charge on any atom is -0.433 e. The topological polar surface area (TPSA) is 18.5 Å². The molecule has 0 amide bonds. The normalized spacial score (nSPS) is 20.3. The molecule has 0 N–H and O–H groups in total. The molecule has 11 heavy (non-hydrogen) atoms. The number of fused-ring (bicyclic) bond motifs is 1. The van der Waals surface area contributed by atoms with Crippen LogP contribution < -0.4 is 9.05 Å². The second-order valence-electron chi connectivity index (χ2n) is 2.02. The van der Waals surface area contributed by atoms with E-state index in [1.807, 2.05) is 0 Å². The Kier molecular flexibility index (Phi) is 1.80. The first-order valence-corrected chi connectivity index (χ1v) is 5.78. The zero-order valence-corrected chi connectivity index (χ0v) is 7.91. The number of rotatable bonds is 0. The van der Waals surface area contributed by atoms with Gasteiger partial charge in [-0.1, -0.05) is 17.7 Å². The Balaban J connectivity index is 2.57. The first kappa shape index (κ1) is 7.41. The fraction of sp³-hybridized carbons (Fsp3) is 0. The maximum atomic E-state index is 5.80. The molecule has 1 aromatic rings. The molecule has 0 radical (unpaired) electrons. The van der Waals surface area contributed by atoms with E-state index < -0.39 is 7.15 Å². The fourth-order valence-electron chi connectivity index (χ4n) is 0.862. The largest absolute Gasteiger partial charge is 0.433 e. The van der Waals surface area contributed by atoms with Crippen LogP contribution in [0.5, 0.6) is 11.5 Å². The summed E-state index contributed by atoms with van der Waals surface area (Å²) in [5.74, 6) is 1.26. The van der Waals surface area contributed by atoms with Gasteiger partial charge in [0.05, 0.1) is 5.02 Å². The highest BCUT2D eigenvalue weighted by molar-refractivity contribution is 8.01. The number of hydrogen-bond donors (Lipinski definition) is 0. The minimum atomic E-state index is -1.54. The van der Waals surface area contributed by atoms with Crippen molar-refractivity contribution in [1.82, 2.24) is 0 Å². The molecule has 5 heteroatoms. The Morgan fingerprint density at radius 2 is 2.18 bits per heavy atom. The van der Waals surface area contributed by atoms with Gasteiger partial charge in [0.1, 0.15) is 0 Å². The molecule has 58 valence electrons. The van der Waals surface area contributed by atoms with Crippen molar-refractivity contribution < 1.29 is 9.05 Å². The van der Waals surface area contributed by atoms with Crippen molar-refractivity contribution in [2.45, 2.75) is 0 Å². The van der Waals surface area contributed by atoms with Crippen LogP contribution >= 0.6 is 18.8 Å². The van der Waals surface area contributed by atoms with Gasteiger partial charge in [-0.3, -0.25) is 0 Å². The third kappa shape index (κ3) is 1.24. The Bertz CT molecular complexity index is 328. The van der Waals surface area contributed by atoms with Gasteiger partial charge < -0.3 is 9.05 Å². The van der Waals surface area contributed by atoms with Gasteiger partial charge in [-0.15, -0.1) is 0 Å². The van der Waals surface area contributed by atoms with Crippen molar-refractivity contribution in [3.05, 3.63) is 23.2 Å². The van der Waals surface area contributed by atoms with Crippen molar-refractivity contribution in [2.75, 3.05) is 0 Å². The van der Waals surface area contributed by atoms with Crippen LogP contribution in [0.1, 0.15) is 0 Å². The fourth-order valence-corrected chi connectivity index (χ4v) is 2.41. The second-order valence-corrected chi connectivity index (χ2v) is 4.34. The average Bonchev–Trinajstić information content (AvgIpc) is 2.31. The summed E-state index contributed by atoms with van der Waals surface area (Å²) in [6.07, 6.45) is 0. The highest BCUT2D eigenvalue weighted by atomic mass is 35.5. The molecule has 2 rings (SSSR count). The Morgan fingerprint density at radius 1 is 1.36 bits per heavy atom. The van der Waals surface area contributed by atoms with Crippen LogP contribution in [0.15, 0.2) is 18.2 Å². The van der Waals surface area contributed by atoms with Crippen LogP contribution in [0.4, 0.5) is 0 Å². The smallest absolute Gasteiger partial charge is 0.275 e. The third-order valence-corrected chi connectivity index (χ3v) is 2.86. The van der Waals surface area contributed by atoms with E-state index in [0.29, 0.717) is 16.5 Å². The van der Waals surface area contributed by atoms with E-state index in [-0.39, 0.29) is 0 Å². The van der Waals surface area contributed by atoms with Crippen molar-refractivity contribution >= 4 is 30.6 Å². The third-order valence-electron chi connectivity index (χ3n) is 1.31. The summed E-state index contributed by atoms with van der Waals surface area (Å²) in [6.45, 7) is 0. The van der Waals surface area contributed by atoms with Gasteiger partial charge in [0.25, 0.3) is 7.15 Å². The van der Waals surface area contributed by atoms with Crippen LogP contribution in [0.25, 0.3) is 0 Å². The van der Waals surface area contributed by atoms with E-state index in [9.17, 15) is 0 Å². The zero-order chi connectivity index (χ0) is 7.84. The summed E-state index contributed by atoms with van der Waals surface area (Å²) in [5, 5.41) is 0.562. The van der Waals surface area contributed by atoms with Gasteiger partial charge in [0.2, 0.25) is 0 Å². The van der Waals surface area contributed by atoms with E-state index in [1.54, 1.807) is 18.2 Å². The van der Waals surface area contributed by atoms with Crippen LogP contribution in [0.3, 0.4) is 0 Å². The predicted molar refractivity (Wildman–Crippen MR) is 48.4 cm³/mol. The molecule has 0 saturated heterocycles. The van der Waals surface area contributed by atoms with E-state index in [0.717, 1.165) is 0 Å². The molecule has 1 atom stereocenters. The summed E-state index contributed by atoms with van der Waals surface area (Å²) in [6, 6.07) is 5.35. The summed E-state index contributed by atoms with van der Waals surface area (Å²) in [4.78, 5) is 0. The molecule has 0 aromatic heterocycles. The van der Waals surface area contributed by atoms with Crippen molar-refractivity contribution in [2.24, 2.45) is 0 Å². The average molecular weight is 207 g/mol. The number of hydrogen-bond acceptors (Lipinski definition) is 3. The summed E-state index contributed by atoms with van der Waals surface area (Å²) in [5.41, 5.74) is 0. The molecule has 2 nitrogen and oxygen atoms in total. The number of para-hydroxylation sites is 1. The lowest BCUT2D eigenvalue weighted by Crippen LogP contribution is -1.71. The highest BCUT2D eigenvalue weighted by Crippen LogP contribution is 2.49. The minimum absolute atomic E-state index is 0.562. The summed E-state index contributed by atoms with van der Waals surface area (Å²) in [7, 11) is -1.54. The molecular formula is C6H4ClO2PS. The van der Waals surface area contributed by atoms with Crippen LogP contribution in [0, 0.1) is 0 Å². The standard InChI is InChI=1S/C6H4ClO2PS/c7-4-2-1-3-5-6(4)9-10(11)8-5/h1-3,10H. The van der Waals surface area contributed by atoms with Crippen LogP contribution in [-0.4, -0.2) is 0 Å². The zero-order valence-electron chi connectivity index (χ0n) is 5.33. The number of halogens is 1. The first-order valence-electron chi connectivity index (χ1n) is 2.95. The maximum absolute atomic E-state index is 5.80. The monoisotopic (exact) mass is 206 g/mol. The first-order chi connectivity index (χ1) is 5.27. The Labute approximate surface area is 74.7 Å². The van der Waals surface area contributed by atoms with Gasteiger partial charge in [-0.25, -0.2) is 0 Å². The Morgan fingerprint density at radius 3 is 2.91 bits per heavy atom. The SMILES string of the molecule is S=[PH]1Oc2cccc(Cl)c2O1. The van der Waals surface area contributed by atoms with Gasteiger partial charge >= 0.3 is 0 Å². The van der Waals surface area contributed by atoms with Crippen molar-refractivity contribution in [3.63, 3.8) is 0 Å². The molecule has 0 fully saturated rings.